The molecule has 0 bridgehead atoms. The molecular weight excluding hydrogens is 243 g/mol. The van der Waals surface area contributed by atoms with Gasteiger partial charge in [-0.3, -0.25) is 5.10 Å². The number of nitrogens with zero attached hydrogens (tertiary/aromatic N) is 1. The normalized spacial score (nSPS) is 11.8. The summed E-state index contributed by atoms with van der Waals surface area (Å²) < 4.78 is 38.4. The third-order valence-corrected chi connectivity index (χ3v) is 2.78. The molecule has 2 aromatic rings. The van der Waals surface area contributed by atoms with Gasteiger partial charge in [-0.05, 0) is 24.1 Å². The maximum atomic E-state index is 12.8. The predicted molar refractivity (Wildman–Crippen MR) is 61.7 cm³/mol. The summed E-state index contributed by atoms with van der Waals surface area (Å²) in [5, 5.41) is 6.47. The van der Waals surface area contributed by atoms with Crippen LogP contribution < -0.4 is 5.73 Å². The van der Waals surface area contributed by atoms with Crippen LogP contribution in [0.1, 0.15) is 16.8 Å². The Labute approximate surface area is 102 Å². The van der Waals surface area contributed by atoms with Crippen LogP contribution in [0.4, 0.5) is 13.2 Å². The Balaban J connectivity index is 2.54. The maximum Gasteiger partial charge on any atom is 0.416 e. The Morgan fingerprint density at radius 1 is 1.33 bits per heavy atom. The lowest BCUT2D eigenvalue weighted by Crippen LogP contribution is -2.07. The van der Waals surface area contributed by atoms with Crippen LogP contribution in [0.15, 0.2) is 24.4 Å². The third kappa shape index (κ3) is 2.24. The van der Waals surface area contributed by atoms with E-state index < -0.39 is 11.7 Å². The minimum atomic E-state index is -4.35. The van der Waals surface area contributed by atoms with Gasteiger partial charge in [-0.1, -0.05) is 12.1 Å². The maximum absolute atomic E-state index is 12.8. The van der Waals surface area contributed by atoms with E-state index in [-0.39, 0.29) is 12.1 Å². The van der Waals surface area contributed by atoms with E-state index in [0.717, 1.165) is 6.07 Å². The molecule has 96 valence electrons. The van der Waals surface area contributed by atoms with Crippen LogP contribution in [-0.4, -0.2) is 10.2 Å². The van der Waals surface area contributed by atoms with Crippen LogP contribution in [0.2, 0.25) is 0 Å². The van der Waals surface area contributed by atoms with Gasteiger partial charge in [0.1, 0.15) is 0 Å². The molecule has 1 heterocycles. The molecule has 3 N–H and O–H groups in total. The van der Waals surface area contributed by atoms with E-state index in [4.69, 9.17) is 5.73 Å². The molecule has 1 aromatic heterocycles. The Morgan fingerprint density at radius 2 is 2.06 bits per heavy atom. The molecular formula is C12H12F3N3. The lowest BCUT2D eigenvalue weighted by Gasteiger charge is -2.12. The van der Waals surface area contributed by atoms with Crippen LogP contribution in [-0.2, 0) is 12.7 Å². The summed E-state index contributed by atoms with van der Waals surface area (Å²) in [5.74, 6) is 0. The lowest BCUT2D eigenvalue weighted by molar-refractivity contribution is -0.138. The number of aromatic amines is 1. The molecule has 0 fully saturated rings. The van der Waals surface area contributed by atoms with Crippen molar-refractivity contribution in [1.29, 1.82) is 0 Å². The Morgan fingerprint density at radius 3 is 2.67 bits per heavy atom. The van der Waals surface area contributed by atoms with Gasteiger partial charge >= 0.3 is 6.18 Å². The molecule has 1 aromatic carbocycles. The zero-order chi connectivity index (χ0) is 13.3. The van der Waals surface area contributed by atoms with Crippen molar-refractivity contribution in [3.05, 3.63) is 41.2 Å². The minimum absolute atomic E-state index is 0.198. The minimum Gasteiger partial charge on any atom is -0.325 e. The van der Waals surface area contributed by atoms with Gasteiger partial charge in [-0.2, -0.15) is 18.3 Å². The summed E-state index contributed by atoms with van der Waals surface area (Å²) in [6.07, 6.45) is -2.88. The average molecular weight is 255 g/mol. The molecule has 3 nitrogen and oxygen atoms in total. The zero-order valence-corrected chi connectivity index (χ0v) is 9.67. The summed E-state index contributed by atoms with van der Waals surface area (Å²) in [4.78, 5) is 0. The van der Waals surface area contributed by atoms with Crippen molar-refractivity contribution in [2.75, 3.05) is 0 Å². The highest BCUT2D eigenvalue weighted by atomic mass is 19.4. The third-order valence-electron chi connectivity index (χ3n) is 2.78. The van der Waals surface area contributed by atoms with Gasteiger partial charge < -0.3 is 5.73 Å². The highest BCUT2D eigenvalue weighted by Gasteiger charge is 2.32. The van der Waals surface area contributed by atoms with Crippen LogP contribution in [0.3, 0.4) is 0 Å². The highest BCUT2D eigenvalue weighted by molar-refractivity contribution is 5.66. The number of halogens is 3. The number of benzene rings is 1. The van der Waals surface area contributed by atoms with Crippen molar-refractivity contribution in [3.63, 3.8) is 0 Å². The Kier molecular flexibility index (Phi) is 3.13. The molecule has 0 aliphatic rings. The fourth-order valence-electron chi connectivity index (χ4n) is 1.81. The molecule has 6 heteroatoms. The van der Waals surface area contributed by atoms with Crippen molar-refractivity contribution in [2.24, 2.45) is 5.73 Å². The summed E-state index contributed by atoms with van der Waals surface area (Å²) in [5.41, 5.74) is 6.73. The van der Waals surface area contributed by atoms with Crippen LogP contribution in [0.25, 0.3) is 11.1 Å². The molecule has 2 rings (SSSR count). The topological polar surface area (TPSA) is 54.7 Å². The summed E-state index contributed by atoms with van der Waals surface area (Å²) in [6, 6.07) is 4.21. The van der Waals surface area contributed by atoms with Crippen LogP contribution in [0.5, 0.6) is 0 Å². The SMILES string of the molecule is Cc1ccc(-c2cn[nH]c2CN)cc1C(F)(F)F. The molecule has 0 unspecified atom stereocenters. The van der Waals surface area contributed by atoms with Crippen LogP contribution in [0, 0.1) is 6.92 Å². The smallest absolute Gasteiger partial charge is 0.325 e. The zero-order valence-electron chi connectivity index (χ0n) is 9.67. The number of hydrogen-bond donors (Lipinski definition) is 2. The Hall–Kier alpha value is -1.82. The molecule has 0 radical (unpaired) electrons. The first-order valence-electron chi connectivity index (χ1n) is 5.34. The van der Waals surface area contributed by atoms with Gasteiger partial charge in [0.2, 0.25) is 0 Å². The van der Waals surface area contributed by atoms with Gasteiger partial charge in [0.25, 0.3) is 0 Å². The Bertz CT molecular complexity index is 558. The second kappa shape index (κ2) is 4.45. The summed E-state index contributed by atoms with van der Waals surface area (Å²) in [7, 11) is 0. The number of rotatable bonds is 2. The number of aryl methyl sites for hydroxylation is 1. The van der Waals surface area contributed by atoms with Crippen molar-refractivity contribution in [1.82, 2.24) is 10.2 Å². The highest BCUT2D eigenvalue weighted by Crippen LogP contribution is 2.35. The lowest BCUT2D eigenvalue weighted by atomic mass is 10.00. The number of aromatic nitrogens is 2. The van der Waals surface area contributed by atoms with Crippen molar-refractivity contribution in [2.45, 2.75) is 19.6 Å². The van der Waals surface area contributed by atoms with Gasteiger partial charge in [0.15, 0.2) is 0 Å². The van der Waals surface area contributed by atoms with E-state index in [0.29, 0.717) is 16.8 Å². The van der Waals surface area contributed by atoms with E-state index in [1.807, 2.05) is 0 Å². The number of H-pyrrole nitrogens is 1. The number of alkyl halides is 3. The number of nitrogens with one attached hydrogen (secondary N) is 1. The van der Waals surface area contributed by atoms with E-state index in [1.165, 1.54) is 19.2 Å². The summed E-state index contributed by atoms with van der Waals surface area (Å²) in [6.45, 7) is 1.64. The van der Waals surface area contributed by atoms with Crippen molar-refractivity contribution >= 4 is 0 Å². The van der Waals surface area contributed by atoms with E-state index in [1.54, 1.807) is 6.07 Å². The molecule has 0 amide bonds. The van der Waals surface area contributed by atoms with E-state index in [2.05, 4.69) is 10.2 Å². The number of nitrogens with two attached hydrogens (primary N) is 1. The predicted octanol–water partition coefficient (Wildman–Crippen LogP) is 2.86. The van der Waals surface area contributed by atoms with Gasteiger partial charge in [0, 0.05) is 12.1 Å². The first-order chi connectivity index (χ1) is 8.43. The molecule has 0 spiro atoms. The molecule has 0 aliphatic heterocycles. The fraction of sp³-hybridized carbons (Fsp3) is 0.250. The van der Waals surface area contributed by atoms with E-state index in [9.17, 15) is 13.2 Å². The fourth-order valence-corrected chi connectivity index (χ4v) is 1.81. The first kappa shape index (κ1) is 12.6. The quantitative estimate of drug-likeness (QED) is 0.866. The van der Waals surface area contributed by atoms with Crippen molar-refractivity contribution < 1.29 is 13.2 Å². The molecule has 18 heavy (non-hydrogen) atoms. The van der Waals surface area contributed by atoms with E-state index >= 15 is 0 Å². The average Bonchev–Trinajstić information content (AvgIpc) is 2.76. The standard InChI is InChI=1S/C12H12F3N3/c1-7-2-3-8(4-10(7)12(13,14)15)9-6-17-18-11(9)5-16/h2-4,6H,5,16H2,1H3,(H,17,18). The molecule has 0 saturated heterocycles. The summed E-state index contributed by atoms with van der Waals surface area (Å²) >= 11 is 0. The van der Waals surface area contributed by atoms with Gasteiger partial charge in [-0.25, -0.2) is 0 Å². The number of hydrogen-bond acceptors (Lipinski definition) is 2. The van der Waals surface area contributed by atoms with Gasteiger partial charge in [0.05, 0.1) is 17.5 Å². The monoisotopic (exact) mass is 255 g/mol. The molecule has 0 saturated carbocycles. The van der Waals surface area contributed by atoms with Crippen LogP contribution >= 0.6 is 0 Å². The molecule has 0 aliphatic carbocycles. The van der Waals surface area contributed by atoms with Gasteiger partial charge in [-0.15, -0.1) is 0 Å². The van der Waals surface area contributed by atoms with Crippen molar-refractivity contribution in [3.8, 4) is 11.1 Å². The second-order valence-electron chi connectivity index (χ2n) is 3.99. The second-order valence-corrected chi connectivity index (χ2v) is 3.99. The molecule has 0 atom stereocenters. The largest absolute Gasteiger partial charge is 0.416 e. The first-order valence-corrected chi connectivity index (χ1v) is 5.34.